The zero-order chi connectivity index (χ0) is 8.53. The summed E-state index contributed by atoms with van der Waals surface area (Å²) in [6.07, 6.45) is 5.12. The van der Waals surface area contributed by atoms with Gasteiger partial charge in [-0.05, 0) is 6.42 Å². The maximum Gasteiger partial charge on any atom is 0.106 e. The highest BCUT2D eigenvalue weighted by Gasteiger charge is 1.90. The average Bonchev–Trinajstić information content (AvgIpc) is 2.57. The minimum atomic E-state index is 0.237. The van der Waals surface area contributed by atoms with E-state index in [1.54, 1.807) is 12.4 Å². The number of rotatable bonds is 3. The largest absolute Gasteiger partial charge is 0.396 e. The average molecular weight is 158 g/mol. The van der Waals surface area contributed by atoms with E-state index in [2.05, 4.69) is 21.7 Å². The lowest BCUT2D eigenvalue weighted by atomic mass is 10.3. The molecule has 0 aliphatic rings. The van der Waals surface area contributed by atoms with Crippen LogP contribution in [-0.4, -0.2) is 21.7 Å². The first-order valence-corrected chi connectivity index (χ1v) is 3.36. The van der Waals surface area contributed by atoms with Gasteiger partial charge in [-0.15, -0.1) is 0 Å². The van der Waals surface area contributed by atoms with E-state index in [-0.39, 0.29) is 6.61 Å². The van der Waals surface area contributed by atoms with E-state index in [1.165, 1.54) is 0 Å². The zero-order valence-corrected chi connectivity index (χ0v) is 6.33. The molecule has 1 aromatic heterocycles. The number of hydrazine groups is 1. The molecule has 5 nitrogen and oxygen atoms in total. The summed E-state index contributed by atoms with van der Waals surface area (Å²) < 4.78 is 0. The highest BCUT2D eigenvalue weighted by molar-refractivity contribution is 4.86. The van der Waals surface area contributed by atoms with E-state index in [0.717, 1.165) is 18.7 Å². The van der Waals surface area contributed by atoms with Gasteiger partial charge < -0.3 is 10.1 Å². The second-order valence-corrected chi connectivity index (χ2v) is 1.86. The molecule has 0 amide bonds. The van der Waals surface area contributed by atoms with Crippen molar-refractivity contribution in [1.82, 2.24) is 9.97 Å². The number of aliphatic hydroxyl groups is 1. The molecule has 1 heterocycles. The quantitative estimate of drug-likeness (QED) is 0.340. The minimum absolute atomic E-state index is 0.237. The molecule has 1 aromatic rings. The molecule has 0 unspecified atom stereocenters. The molecular weight excluding hydrogens is 144 g/mol. The molecule has 0 atom stereocenters. The fourth-order valence-electron chi connectivity index (χ4n) is 0.681. The smallest absolute Gasteiger partial charge is 0.106 e. The highest BCUT2D eigenvalue weighted by atomic mass is 16.2. The SMILES string of the molecule is NN.OCCCc1ncc[nH]1. The second-order valence-electron chi connectivity index (χ2n) is 1.86. The van der Waals surface area contributed by atoms with Crippen LogP contribution in [0, 0.1) is 0 Å². The monoisotopic (exact) mass is 158 g/mol. The number of hydrogen-bond donors (Lipinski definition) is 4. The Balaban J connectivity index is 0.000000461. The van der Waals surface area contributed by atoms with E-state index in [1.807, 2.05) is 0 Å². The summed E-state index contributed by atoms with van der Waals surface area (Å²) in [5.74, 6) is 8.95. The van der Waals surface area contributed by atoms with Gasteiger partial charge in [0.25, 0.3) is 0 Å². The summed E-state index contributed by atoms with van der Waals surface area (Å²) in [6.45, 7) is 0.237. The van der Waals surface area contributed by atoms with Crippen molar-refractivity contribution in [2.45, 2.75) is 12.8 Å². The van der Waals surface area contributed by atoms with Crippen LogP contribution in [0.3, 0.4) is 0 Å². The Kier molecular flexibility index (Phi) is 6.60. The standard InChI is InChI=1S/C6H10N2O.H4N2/c9-5-1-2-6-7-3-4-8-6;1-2/h3-4,9H,1-2,5H2,(H,7,8);1-2H2. The fraction of sp³-hybridized carbons (Fsp3) is 0.500. The number of hydrogen-bond acceptors (Lipinski definition) is 4. The van der Waals surface area contributed by atoms with Crippen LogP contribution in [0.4, 0.5) is 0 Å². The van der Waals surface area contributed by atoms with Crippen molar-refractivity contribution in [3.05, 3.63) is 18.2 Å². The van der Waals surface area contributed by atoms with Crippen LogP contribution >= 0.6 is 0 Å². The minimum Gasteiger partial charge on any atom is -0.396 e. The molecule has 5 heteroatoms. The van der Waals surface area contributed by atoms with Gasteiger partial charge in [-0.3, -0.25) is 11.7 Å². The van der Waals surface area contributed by atoms with Crippen molar-refractivity contribution in [2.24, 2.45) is 11.7 Å². The van der Waals surface area contributed by atoms with Crippen LogP contribution < -0.4 is 11.7 Å². The summed E-state index contributed by atoms with van der Waals surface area (Å²) in [5, 5.41) is 8.42. The van der Waals surface area contributed by atoms with Gasteiger partial charge in [-0.1, -0.05) is 0 Å². The Bertz CT molecular complexity index is 152. The number of H-pyrrole nitrogens is 1. The molecule has 0 aliphatic heterocycles. The third-order valence-electron chi connectivity index (χ3n) is 1.13. The van der Waals surface area contributed by atoms with Crippen molar-refractivity contribution in [3.63, 3.8) is 0 Å². The molecule has 0 saturated carbocycles. The number of nitrogens with zero attached hydrogens (tertiary/aromatic N) is 1. The molecule has 0 radical (unpaired) electrons. The van der Waals surface area contributed by atoms with Gasteiger partial charge in [0.1, 0.15) is 5.82 Å². The van der Waals surface area contributed by atoms with Gasteiger partial charge in [0.15, 0.2) is 0 Å². The lowest BCUT2D eigenvalue weighted by molar-refractivity contribution is 0.287. The summed E-state index contributed by atoms with van der Waals surface area (Å²) in [4.78, 5) is 6.94. The first-order valence-electron chi connectivity index (χ1n) is 3.36. The number of aromatic nitrogens is 2. The Hall–Kier alpha value is -0.910. The molecule has 0 bridgehead atoms. The first-order chi connectivity index (χ1) is 5.43. The first kappa shape index (κ1) is 10.1. The topological polar surface area (TPSA) is 101 Å². The third-order valence-corrected chi connectivity index (χ3v) is 1.13. The number of aromatic amines is 1. The normalized spacial score (nSPS) is 8.64. The molecule has 0 aromatic carbocycles. The van der Waals surface area contributed by atoms with Gasteiger partial charge in [0, 0.05) is 25.4 Å². The van der Waals surface area contributed by atoms with E-state index < -0.39 is 0 Å². The van der Waals surface area contributed by atoms with E-state index in [0.29, 0.717) is 0 Å². The number of aliphatic hydroxyl groups excluding tert-OH is 1. The molecule has 6 N–H and O–H groups in total. The maximum absolute atomic E-state index is 8.42. The van der Waals surface area contributed by atoms with Crippen LogP contribution in [-0.2, 0) is 6.42 Å². The Morgan fingerprint density at radius 2 is 2.27 bits per heavy atom. The molecule has 0 aliphatic carbocycles. The van der Waals surface area contributed by atoms with Gasteiger partial charge in [0.2, 0.25) is 0 Å². The van der Waals surface area contributed by atoms with Crippen LogP contribution in [0.15, 0.2) is 12.4 Å². The van der Waals surface area contributed by atoms with Crippen LogP contribution in [0.1, 0.15) is 12.2 Å². The van der Waals surface area contributed by atoms with Crippen LogP contribution in [0.5, 0.6) is 0 Å². The van der Waals surface area contributed by atoms with Gasteiger partial charge in [0.05, 0.1) is 0 Å². The highest BCUT2D eigenvalue weighted by Crippen LogP contribution is 1.92. The van der Waals surface area contributed by atoms with Crippen molar-refractivity contribution < 1.29 is 5.11 Å². The third kappa shape index (κ3) is 4.49. The lowest BCUT2D eigenvalue weighted by Gasteiger charge is -1.89. The van der Waals surface area contributed by atoms with Crippen molar-refractivity contribution >= 4 is 0 Å². The van der Waals surface area contributed by atoms with Gasteiger partial charge in [-0.2, -0.15) is 0 Å². The van der Waals surface area contributed by atoms with Crippen molar-refractivity contribution in [1.29, 1.82) is 0 Å². The second kappa shape index (κ2) is 7.20. The van der Waals surface area contributed by atoms with E-state index >= 15 is 0 Å². The van der Waals surface area contributed by atoms with Crippen LogP contribution in [0.2, 0.25) is 0 Å². The molecular formula is C6H14N4O. The molecule has 11 heavy (non-hydrogen) atoms. The lowest BCUT2D eigenvalue weighted by Crippen LogP contribution is -2.02. The molecule has 0 fully saturated rings. The number of nitrogens with two attached hydrogens (primary N) is 2. The number of aryl methyl sites for hydroxylation is 1. The number of imidazole rings is 1. The fourth-order valence-corrected chi connectivity index (χ4v) is 0.681. The summed E-state index contributed by atoms with van der Waals surface area (Å²) in [5.41, 5.74) is 0. The Morgan fingerprint density at radius 1 is 1.55 bits per heavy atom. The summed E-state index contributed by atoms with van der Waals surface area (Å²) in [6, 6.07) is 0. The zero-order valence-electron chi connectivity index (χ0n) is 6.33. The Morgan fingerprint density at radius 3 is 2.73 bits per heavy atom. The maximum atomic E-state index is 8.42. The molecule has 0 spiro atoms. The van der Waals surface area contributed by atoms with Crippen molar-refractivity contribution in [3.8, 4) is 0 Å². The van der Waals surface area contributed by atoms with E-state index in [4.69, 9.17) is 5.11 Å². The van der Waals surface area contributed by atoms with Crippen LogP contribution in [0.25, 0.3) is 0 Å². The predicted octanol–water partition coefficient (Wildman–Crippen LogP) is -0.847. The summed E-state index contributed by atoms with van der Waals surface area (Å²) in [7, 11) is 0. The molecule has 0 saturated heterocycles. The van der Waals surface area contributed by atoms with Gasteiger partial charge >= 0.3 is 0 Å². The summed E-state index contributed by atoms with van der Waals surface area (Å²) >= 11 is 0. The predicted molar refractivity (Wildman–Crippen MR) is 42.4 cm³/mol. The Labute approximate surface area is 65.4 Å². The van der Waals surface area contributed by atoms with Crippen molar-refractivity contribution in [2.75, 3.05) is 6.61 Å². The number of nitrogens with one attached hydrogen (secondary N) is 1. The molecule has 64 valence electrons. The van der Waals surface area contributed by atoms with E-state index in [9.17, 15) is 0 Å². The van der Waals surface area contributed by atoms with Gasteiger partial charge in [-0.25, -0.2) is 4.98 Å². The molecule has 1 rings (SSSR count).